The Morgan fingerprint density at radius 3 is 2.34 bits per heavy atom. The largest absolute Gasteiger partial charge is 0.472 e. The standard InChI is InChI=1S/C26H25N5O6S/c32-15-11-20-9-4-5-10-21(20)37-22-23(31-38(34,35)18-12-19-7-2-1-3-8-19)29-25(24-27-13-6-14-28-24)30-26(22)36-17-16-33/h1-10,12-14,18,32-33H,11,15-17H2,(H,29,30,31)/b18-12+. The minimum Gasteiger partial charge on any atom is -0.472 e. The lowest BCUT2D eigenvalue weighted by atomic mass is 10.1. The molecule has 0 aliphatic rings. The van der Waals surface area contributed by atoms with E-state index < -0.39 is 10.0 Å². The average molecular weight is 536 g/mol. The number of sulfonamides is 1. The fourth-order valence-electron chi connectivity index (χ4n) is 3.29. The van der Waals surface area contributed by atoms with Crippen LogP contribution in [-0.4, -0.2) is 58.4 Å². The first-order chi connectivity index (χ1) is 18.5. The zero-order valence-electron chi connectivity index (χ0n) is 20.1. The highest BCUT2D eigenvalue weighted by Gasteiger charge is 2.24. The zero-order valence-corrected chi connectivity index (χ0v) is 21.0. The lowest BCUT2D eigenvalue weighted by molar-refractivity contribution is 0.192. The summed E-state index contributed by atoms with van der Waals surface area (Å²) in [5, 5.41) is 19.8. The van der Waals surface area contributed by atoms with E-state index in [9.17, 15) is 18.6 Å². The number of aliphatic hydroxyl groups excluding tert-OH is 2. The van der Waals surface area contributed by atoms with Crippen LogP contribution >= 0.6 is 0 Å². The van der Waals surface area contributed by atoms with Crippen LogP contribution < -0.4 is 14.2 Å². The van der Waals surface area contributed by atoms with Gasteiger partial charge in [0, 0.05) is 19.0 Å². The smallest absolute Gasteiger partial charge is 0.263 e. The van der Waals surface area contributed by atoms with E-state index in [1.54, 1.807) is 54.6 Å². The van der Waals surface area contributed by atoms with Crippen molar-refractivity contribution in [1.29, 1.82) is 0 Å². The summed E-state index contributed by atoms with van der Waals surface area (Å²) in [6.45, 7) is -0.609. The zero-order chi connectivity index (χ0) is 26.8. The molecule has 38 heavy (non-hydrogen) atoms. The van der Waals surface area contributed by atoms with E-state index in [4.69, 9.17) is 9.47 Å². The first-order valence-corrected chi connectivity index (χ1v) is 13.1. The molecule has 0 aliphatic carbocycles. The minimum atomic E-state index is -4.09. The van der Waals surface area contributed by atoms with Gasteiger partial charge in [-0.25, -0.2) is 23.4 Å². The third kappa shape index (κ3) is 7.09. The van der Waals surface area contributed by atoms with Crippen molar-refractivity contribution < 1.29 is 28.1 Å². The molecular weight excluding hydrogens is 510 g/mol. The molecule has 2 heterocycles. The molecule has 4 rings (SSSR count). The van der Waals surface area contributed by atoms with E-state index in [1.807, 2.05) is 6.07 Å². The predicted octanol–water partition coefficient (Wildman–Crippen LogP) is 3.04. The molecule has 0 spiro atoms. The van der Waals surface area contributed by atoms with Crippen LogP contribution in [0, 0.1) is 0 Å². The average Bonchev–Trinajstić information content (AvgIpc) is 2.94. The second-order valence-electron chi connectivity index (χ2n) is 7.72. The maximum absolute atomic E-state index is 13.1. The van der Waals surface area contributed by atoms with E-state index in [0.29, 0.717) is 23.3 Å². The number of rotatable bonds is 12. The van der Waals surface area contributed by atoms with Crippen molar-refractivity contribution in [3.63, 3.8) is 0 Å². The van der Waals surface area contributed by atoms with Gasteiger partial charge in [-0.15, -0.1) is 0 Å². The van der Waals surface area contributed by atoms with Crippen LogP contribution in [0.15, 0.2) is 78.5 Å². The highest BCUT2D eigenvalue weighted by atomic mass is 32.2. The van der Waals surface area contributed by atoms with Gasteiger partial charge in [0.25, 0.3) is 15.9 Å². The molecule has 0 amide bonds. The number of aromatic nitrogens is 4. The summed E-state index contributed by atoms with van der Waals surface area (Å²) in [5.74, 6) is -0.0803. The number of benzene rings is 2. The summed E-state index contributed by atoms with van der Waals surface area (Å²) in [6, 6.07) is 17.5. The molecule has 3 N–H and O–H groups in total. The summed E-state index contributed by atoms with van der Waals surface area (Å²) in [7, 11) is -4.09. The van der Waals surface area contributed by atoms with Gasteiger partial charge in [0.2, 0.25) is 11.6 Å². The Morgan fingerprint density at radius 1 is 0.868 bits per heavy atom. The molecule has 0 saturated heterocycles. The van der Waals surface area contributed by atoms with Crippen LogP contribution in [0.4, 0.5) is 5.82 Å². The van der Waals surface area contributed by atoms with Gasteiger partial charge in [0.05, 0.1) is 12.0 Å². The number of nitrogens with zero attached hydrogens (tertiary/aromatic N) is 4. The lowest BCUT2D eigenvalue weighted by Gasteiger charge is -2.17. The van der Waals surface area contributed by atoms with Crippen molar-refractivity contribution in [3.05, 3.63) is 89.6 Å². The molecule has 0 unspecified atom stereocenters. The van der Waals surface area contributed by atoms with Gasteiger partial charge >= 0.3 is 0 Å². The number of nitrogens with one attached hydrogen (secondary N) is 1. The Labute approximate surface area is 219 Å². The van der Waals surface area contributed by atoms with E-state index in [2.05, 4.69) is 24.7 Å². The number of hydrogen-bond donors (Lipinski definition) is 3. The van der Waals surface area contributed by atoms with Gasteiger partial charge in [0.15, 0.2) is 11.6 Å². The normalized spacial score (nSPS) is 11.4. The van der Waals surface area contributed by atoms with Crippen LogP contribution in [0.1, 0.15) is 11.1 Å². The number of hydrogen-bond acceptors (Lipinski definition) is 10. The van der Waals surface area contributed by atoms with Gasteiger partial charge < -0.3 is 19.7 Å². The van der Waals surface area contributed by atoms with Gasteiger partial charge in [-0.1, -0.05) is 48.5 Å². The van der Waals surface area contributed by atoms with Crippen LogP contribution in [0.3, 0.4) is 0 Å². The molecule has 2 aromatic carbocycles. The quantitative estimate of drug-likeness (QED) is 0.246. The Balaban J connectivity index is 1.82. The summed E-state index contributed by atoms with van der Waals surface area (Å²) in [6.07, 6.45) is 4.70. The molecule has 2 aromatic heterocycles. The third-order valence-electron chi connectivity index (χ3n) is 4.97. The topological polar surface area (TPSA) is 157 Å². The molecule has 4 aromatic rings. The second-order valence-corrected chi connectivity index (χ2v) is 9.28. The van der Waals surface area contributed by atoms with E-state index in [-0.39, 0.29) is 48.9 Å². The van der Waals surface area contributed by atoms with E-state index in [0.717, 1.165) is 5.41 Å². The highest BCUT2D eigenvalue weighted by Crippen LogP contribution is 2.39. The first kappa shape index (κ1) is 26.7. The molecule has 0 atom stereocenters. The van der Waals surface area contributed by atoms with Gasteiger partial charge in [-0.05, 0) is 35.8 Å². The first-order valence-electron chi connectivity index (χ1n) is 11.5. The van der Waals surface area contributed by atoms with E-state index in [1.165, 1.54) is 18.5 Å². The maximum atomic E-state index is 13.1. The predicted molar refractivity (Wildman–Crippen MR) is 141 cm³/mol. The van der Waals surface area contributed by atoms with Crippen molar-refractivity contribution >= 4 is 21.9 Å². The lowest BCUT2D eigenvalue weighted by Crippen LogP contribution is -2.14. The molecule has 0 fully saturated rings. The molecule has 0 radical (unpaired) electrons. The third-order valence-corrected chi connectivity index (χ3v) is 5.95. The molecule has 0 bridgehead atoms. The summed E-state index contributed by atoms with van der Waals surface area (Å²) in [4.78, 5) is 17.0. The Hall–Kier alpha value is -4.39. The second kappa shape index (κ2) is 12.7. The highest BCUT2D eigenvalue weighted by molar-refractivity contribution is 7.95. The van der Waals surface area contributed by atoms with Crippen molar-refractivity contribution in [3.8, 4) is 29.0 Å². The SMILES string of the molecule is O=S(=O)(/C=C/c1ccccc1)Nc1nc(-c2ncccn2)nc(OCCO)c1Oc1ccccc1CCO. The number of para-hydroxylation sites is 1. The van der Waals surface area contributed by atoms with Crippen LogP contribution in [0.5, 0.6) is 17.4 Å². The van der Waals surface area contributed by atoms with Gasteiger partial charge in [-0.3, -0.25) is 4.72 Å². The monoisotopic (exact) mass is 535 g/mol. The molecule has 12 heteroatoms. The summed E-state index contributed by atoms with van der Waals surface area (Å²) >= 11 is 0. The molecule has 0 aliphatic heterocycles. The Bertz CT molecular complexity index is 1490. The van der Waals surface area contributed by atoms with Crippen LogP contribution in [0.25, 0.3) is 17.7 Å². The summed E-state index contributed by atoms with van der Waals surface area (Å²) < 4.78 is 40.2. The number of anilines is 1. The fraction of sp³-hybridized carbons (Fsp3) is 0.154. The Kier molecular flexibility index (Phi) is 8.93. The van der Waals surface area contributed by atoms with Crippen molar-refractivity contribution in [2.45, 2.75) is 6.42 Å². The van der Waals surface area contributed by atoms with Gasteiger partial charge in [-0.2, -0.15) is 4.98 Å². The molecular formula is C26H25N5O6S. The Morgan fingerprint density at radius 2 is 1.61 bits per heavy atom. The fourth-order valence-corrected chi connectivity index (χ4v) is 4.10. The van der Waals surface area contributed by atoms with Crippen LogP contribution in [0.2, 0.25) is 0 Å². The number of ether oxygens (including phenoxy) is 2. The minimum absolute atomic E-state index is 0.0285. The van der Waals surface area contributed by atoms with E-state index >= 15 is 0 Å². The van der Waals surface area contributed by atoms with Crippen molar-refractivity contribution in [2.24, 2.45) is 0 Å². The van der Waals surface area contributed by atoms with Gasteiger partial charge in [0.1, 0.15) is 12.4 Å². The van der Waals surface area contributed by atoms with Crippen molar-refractivity contribution in [1.82, 2.24) is 19.9 Å². The number of aliphatic hydroxyl groups is 2. The summed E-state index contributed by atoms with van der Waals surface area (Å²) in [5.41, 5.74) is 1.34. The molecule has 11 nitrogen and oxygen atoms in total. The maximum Gasteiger partial charge on any atom is 0.263 e. The molecule has 0 saturated carbocycles. The van der Waals surface area contributed by atoms with Crippen molar-refractivity contribution in [2.75, 3.05) is 24.5 Å². The van der Waals surface area contributed by atoms with Crippen LogP contribution in [-0.2, 0) is 16.4 Å². The molecule has 196 valence electrons.